The van der Waals surface area contributed by atoms with E-state index in [-0.39, 0.29) is 0 Å². The molecule has 2 rings (SSSR count). The Morgan fingerprint density at radius 3 is 2.95 bits per heavy atom. The summed E-state index contributed by atoms with van der Waals surface area (Å²) in [6, 6.07) is 0. The number of ether oxygens (including phenoxy) is 1. The molecule has 0 aromatic heterocycles. The van der Waals surface area contributed by atoms with Gasteiger partial charge in [0.25, 0.3) is 0 Å². The molecule has 1 saturated heterocycles. The first-order valence-electron chi connectivity index (χ1n) is 8.44. The Hall–Kier alpha value is -0.160. The summed E-state index contributed by atoms with van der Waals surface area (Å²) in [7, 11) is 0. The van der Waals surface area contributed by atoms with Crippen molar-refractivity contribution in [1.29, 1.82) is 0 Å². The van der Waals surface area contributed by atoms with Gasteiger partial charge in [-0.1, -0.05) is 13.3 Å². The summed E-state index contributed by atoms with van der Waals surface area (Å²) in [5, 5.41) is 10.5. The molecular weight excluding hydrogens is 252 g/mol. The lowest BCUT2D eigenvalue weighted by Crippen LogP contribution is -2.44. The maximum atomic E-state index is 10.5. The van der Waals surface area contributed by atoms with Gasteiger partial charge < -0.3 is 20.5 Å². The zero-order valence-electron chi connectivity index (χ0n) is 13.0. The van der Waals surface area contributed by atoms with Crippen molar-refractivity contribution in [1.82, 2.24) is 4.90 Å². The van der Waals surface area contributed by atoms with E-state index in [1.807, 2.05) is 0 Å². The van der Waals surface area contributed by atoms with Crippen LogP contribution in [-0.4, -0.2) is 54.5 Å². The van der Waals surface area contributed by atoms with E-state index in [4.69, 9.17) is 10.5 Å². The highest BCUT2D eigenvalue weighted by Crippen LogP contribution is 2.37. The molecule has 3 N–H and O–H groups in total. The maximum Gasteiger partial charge on any atom is 0.0797 e. The molecule has 0 spiro atoms. The minimum absolute atomic E-state index is 0.393. The Morgan fingerprint density at radius 2 is 2.20 bits per heavy atom. The third kappa shape index (κ3) is 4.17. The van der Waals surface area contributed by atoms with Gasteiger partial charge in [0.1, 0.15) is 0 Å². The van der Waals surface area contributed by atoms with Crippen molar-refractivity contribution >= 4 is 0 Å². The smallest absolute Gasteiger partial charge is 0.0797 e. The third-order valence-electron chi connectivity index (χ3n) is 5.09. The van der Waals surface area contributed by atoms with E-state index >= 15 is 0 Å². The quantitative estimate of drug-likeness (QED) is 0.748. The zero-order valence-corrected chi connectivity index (χ0v) is 13.0. The molecule has 1 aliphatic heterocycles. The van der Waals surface area contributed by atoms with Crippen molar-refractivity contribution in [2.45, 2.75) is 63.6 Å². The van der Waals surface area contributed by atoms with Crippen LogP contribution in [0.25, 0.3) is 0 Å². The van der Waals surface area contributed by atoms with E-state index in [9.17, 15) is 5.11 Å². The largest absolute Gasteiger partial charge is 0.388 e. The van der Waals surface area contributed by atoms with Crippen molar-refractivity contribution in [2.75, 3.05) is 32.8 Å². The van der Waals surface area contributed by atoms with Crippen LogP contribution in [0.5, 0.6) is 0 Å². The van der Waals surface area contributed by atoms with Crippen LogP contribution in [0, 0.1) is 5.92 Å². The fourth-order valence-corrected chi connectivity index (χ4v) is 3.78. The minimum Gasteiger partial charge on any atom is -0.388 e. The van der Waals surface area contributed by atoms with E-state index in [1.165, 1.54) is 19.4 Å². The molecule has 2 aliphatic rings. The second kappa shape index (κ2) is 7.74. The van der Waals surface area contributed by atoms with Gasteiger partial charge in [0.15, 0.2) is 0 Å². The molecule has 1 aliphatic carbocycles. The monoisotopic (exact) mass is 284 g/mol. The molecule has 3 atom stereocenters. The minimum atomic E-state index is -0.589. The maximum absolute atomic E-state index is 10.5. The summed E-state index contributed by atoms with van der Waals surface area (Å²) >= 11 is 0. The summed E-state index contributed by atoms with van der Waals surface area (Å²) in [5.41, 5.74) is 5.17. The van der Waals surface area contributed by atoms with Gasteiger partial charge in [-0.05, 0) is 57.5 Å². The molecule has 1 heterocycles. The first-order valence-corrected chi connectivity index (χ1v) is 8.44. The van der Waals surface area contributed by atoms with Gasteiger partial charge in [-0.2, -0.15) is 0 Å². The summed E-state index contributed by atoms with van der Waals surface area (Å²) in [6.45, 7) is 6.79. The van der Waals surface area contributed by atoms with Crippen LogP contribution in [0.2, 0.25) is 0 Å². The SMILES string of the molecule is CCCOC1CCCN(CCC2CCCC2(O)CN)C1. The molecule has 0 aromatic rings. The van der Waals surface area contributed by atoms with Gasteiger partial charge in [-0.15, -0.1) is 0 Å². The number of rotatable bonds is 7. The Kier molecular flexibility index (Phi) is 6.27. The Bertz CT molecular complexity index is 288. The van der Waals surface area contributed by atoms with Gasteiger partial charge in [0.05, 0.1) is 11.7 Å². The highest BCUT2D eigenvalue weighted by atomic mass is 16.5. The van der Waals surface area contributed by atoms with E-state index in [2.05, 4.69) is 11.8 Å². The topological polar surface area (TPSA) is 58.7 Å². The fourth-order valence-electron chi connectivity index (χ4n) is 3.78. The molecule has 0 aromatic carbocycles. The van der Waals surface area contributed by atoms with Crippen LogP contribution in [0.3, 0.4) is 0 Å². The third-order valence-corrected chi connectivity index (χ3v) is 5.09. The number of likely N-dealkylation sites (tertiary alicyclic amines) is 1. The number of aliphatic hydroxyl groups is 1. The molecule has 4 heteroatoms. The lowest BCUT2D eigenvalue weighted by molar-refractivity contribution is -0.0141. The van der Waals surface area contributed by atoms with Gasteiger partial charge >= 0.3 is 0 Å². The normalized spacial score (nSPS) is 35.5. The second-order valence-electron chi connectivity index (χ2n) is 6.62. The molecule has 0 amide bonds. The summed E-state index contributed by atoms with van der Waals surface area (Å²) in [6.07, 6.45) is 8.18. The molecule has 1 saturated carbocycles. The van der Waals surface area contributed by atoms with Crippen LogP contribution in [0.1, 0.15) is 51.9 Å². The number of nitrogens with two attached hydrogens (primary N) is 1. The van der Waals surface area contributed by atoms with E-state index < -0.39 is 5.60 Å². The first kappa shape index (κ1) is 16.2. The molecule has 118 valence electrons. The molecule has 20 heavy (non-hydrogen) atoms. The second-order valence-corrected chi connectivity index (χ2v) is 6.62. The van der Waals surface area contributed by atoms with E-state index in [1.54, 1.807) is 0 Å². The summed E-state index contributed by atoms with van der Waals surface area (Å²) < 4.78 is 5.89. The molecule has 3 unspecified atom stereocenters. The van der Waals surface area contributed by atoms with Crippen LogP contribution in [0.15, 0.2) is 0 Å². The average molecular weight is 284 g/mol. The number of piperidine rings is 1. The Balaban J connectivity index is 1.73. The average Bonchev–Trinajstić information content (AvgIpc) is 2.85. The number of hydrogen-bond acceptors (Lipinski definition) is 4. The van der Waals surface area contributed by atoms with Crippen molar-refractivity contribution in [3.8, 4) is 0 Å². The molecule has 2 fully saturated rings. The standard InChI is InChI=1S/C16H32N2O2/c1-2-11-20-15-6-4-9-18(12-15)10-7-14-5-3-8-16(14,19)13-17/h14-15,19H,2-13,17H2,1H3. The highest BCUT2D eigenvalue weighted by molar-refractivity contribution is 4.93. The summed E-state index contributed by atoms with van der Waals surface area (Å²) in [4.78, 5) is 2.51. The van der Waals surface area contributed by atoms with Gasteiger partial charge in [0.2, 0.25) is 0 Å². The number of hydrogen-bond donors (Lipinski definition) is 2. The molecule has 0 bridgehead atoms. The van der Waals surface area contributed by atoms with Crippen LogP contribution < -0.4 is 5.73 Å². The number of nitrogens with zero attached hydrogens (tertiary/aromatic N) is 1. The predicted octanol–water partition coefficient (Wildman–Crippen LogP) is 1.76. The first-order chi connectivity index (χ1) is 9.68. The van der Waals surface area contributed by atoms with E-state index in [0.717, 1.165) is 51.8 Å². The van der Waals surface area contributed by atoms with Crippen LogP contribution in [-0.2, 0) is 4.74 Å². The summed E-state index contributed by atoms with van der Waals surface area (Å²) in [5.74, 6) is 0.393. The van der Waals surface area contributed by atoms with E-state index in [0.29, 0.717) is 18.6 Å². The van der Waals surface area contributed by atoms with Gasteiger partial charge in [0, 0.05) is 19.7 Å². The lowest BCUT2D eigenvalue weighted by Gasteiger charge is -2.35. The molecular formula is C16H32N2O2. The van der Waals surface area contributed by atoms with Gasteiger partial charge in [-0.3, -0.25) is 0 Å². The fraction of sp³-hybridized carbons (Fsp3) is 1.00. The van der Waals surface area contributed by atoms with Crippen molar-refractivity contribution in [3.63, 3.8) is 0 Å². The Morgan fingerprint density at radius 1 is 1.35 bits per heavy atom. The Labute approximate surface area is 123 Å². The van der Waals surface area contributed by atoms with Crippen molar-refractivity contribution < 1.29 is 9.84 Å². The van der Waals surface area contributed by atoms with Crippen molar-refractivity contribution in [3.05, 3.63) is 0 Å². The zero-order chi connectivity index (χ0) is 14.4. The highest BCUT2D eigenvalue weighted by Gasteiger charge is 2.39. The van der Waals surface area contributed by atoms with Crippen molar-refractivity contribution in [2.24, 2.45) is 11.7 Å². The lowest BCUT2D eigenvalue weighted by atomic mass is 9.88. The molecule has 4 nitrogen and oxygen atoms in total. The predicted molar refractivity (Wildman–Crippen MR) is 81.7 cm³/mol. The van der Waals surface area contributed by atoms with Gasteiger partial charge in [-0.25, -0.2) is 0 Å². The van der Waals surface area contributed by atoms with Crippen LogP contribution >= 0.6 is 0 Å². The molecule has 0 radical (unpaired) electrons. The van der Waals surface area contributed by atoms with Crippen LogP contribution in [0.4, 0.5) is 0 Å².